The van der Waals surface area contributed by atoms with Crippen molar-refractivity contribution in [2.45, 2.75) is 45.5 Å². The Balaban J connectivity index is 1.58. The smallest absolute Gasteiger partial charge is 0.272 e. The van der Waals surface area contributed by atoms with Crippen molar-refractivity contribution in [3.05, 3.63) is 95.8 Å². The van der Waals surface area contributed by atoms with Crippen LogP contribution < -0.4 is 15.5 Å². The Hall–Kier alpha value is -4.41. The summed E-state index contributed by atoms with van der Waals surface area (Å²) >= 11 is 0. The first kappa shape index (κ1) is 30.5. The summed E-state index contributed by atoms with van der Waals surface area (Å²) in [6, 6.07) is 21.0. The van der Waals surface area contributed by atoms with Gasteiger partial charge in [0.05, 0.1) is 17.1 Å². The second kappa shape index (κ2) is 14.5. The van der Waals surface area contributed by atoms with Crippen molar-refractivity contribution in [3.8, 4) is 0 Å². The van der Waals surface area contributed by atoms with Crippen LogP contribution in [0.25, 0.3) is 0 Å². The number of nitrogens with one attached hydrogen (secondary N) is 2. The molecular formula is C32H38N6O4. The summed E-state index contributed by atoms with van der Waals surface area (Å²) in [7, 11) is 0. The molecule has 0 saturated carbocycles. The molecule has 3 atom stereocenters. The third kappa shape index (κ3) is 7.45. The minimum atomic E-state index is -1.33. The number of benzodiazepines with no additional fused rings is 1. The number of aliphatic hydroxyl groups excluding tert-OH is 1. The lowest BCUT2D eigenvalue weighted by molar-refractivity contribution is -0.134. The van der Waals surface area contributed by atoms with Gasteiger partial charge in [0.1, 0.15) is 12.1 Å². The van der Waals surface area contributed by atoms with E-state index >= 15 is 0 Å². The Morgan fingerprint density at radius 2 is 1.67 bits per heavy atom. The fourth-order valence-corrected chi connectivity index (χ4v) is 4.81. The zero-order valence-electron chi connectivity index (χ0n) is 24.2. The molecule has 2 unspecified atom stereocenters. The second-order valence-electron chi connectivity index (χ2n) is 10.1. The number of carbonyl (C=O) groups excluding carboxylic acids is 3. The number of para-hydroxylation sites is 1. The van der Waals surface area contributed by atoms with Crippen LogP contribution in [0.5, 0.6) is 0 Å². The molecule has 42 heavy (non-hydrogen) atoms. The van der Waals surface area contributed by atoms with Gasteiger partial charge >= 0.3 is 0 Å². The molecule has 0 radical (unpaired) electrons. The molecule has 1 aromatic heterocycles. The fraction of sp³-hybridized carbons (Fsp3) is 0.344. The molecule has 2 aromatic carbocycles. The predicted octanol–water partition coefficient (Wildman–Crippen LogP) is 2.16. The number of nitrogens with zero attached hydrogens (tertiary/aromatic N) is 4. The number of amides is 3. The highest BCUT2D eigenvalue weighted by Crippen LogP contribution is 2.27. The summed E-state index contributed by atoms with van der Waals surface area (Å²) in [4.78, 5) is 53.0. The van der Waals surface area contributed by atoms with Gasteiger partial charge in [0.25, 0.3) is 5.91 Å². The van der Waals surface area contributed by atoms with Crippen LogP contribution in [0.3, 0.4) is 0 Å². The number of aromatic nitrogens is 1. The molecular weight excluding hydrogens is 532 g/mol. The van der Waals surface area contributed by atoms with E-state index in [1.165, 1.54) is 6.92 Å². The van der Waals surface area contributed by atoms with Gasteiger partial charge in [-0.25, -0.2) is 4.99 Å². The van der Waals surface area contributed by atoms with Crippen LogP contribution in [0.4, 0.5) is 5.69 Å². The average molecular weight is 571 g/mol. The highest BCUT2D eigenvalue weighted by Gasteiger charge is 2.34. The first-order chi connectivity index (χ1) is 20.3. The van der Waals surface area contributed by atoms with E-state index in [-0.39, 0.29) is 6.42 Å². The molecule has 0 spiro atoms. The van der Waals surface area contributed by atoms with Gasteiger partial charge in [-0.05, 0) is 43.8 Å². The Bertz CT molecular complexity index is 1390. The van der Waals surface area contributed by atoms with Crippen molar-refractivity contribution in [2.24, 2.45) is 4.99 Å². The van der Waals surface area contributed by atoms with E-state index in [0.717, 1.165) is 24.2 Å². The topological polar surface area (TPSA) is 127 Å². The minimum Gasteiger partial charge on any atom is -0.383 e. The Labute approximate surface area is 246 Å². The predicted molar refractivity (Wildman–Crippen MR) is 162 cm³/mol. The van der Waals surface area contributed by atoms with Crippen molar-refractivity contribution in [3.63, 3.8) is 0 Å². The summed E-state index contributed by atoms with van der Waals surface area (Å²) < 4.78 is 0. The highest BCUT2D eigenvalue weighted by atomic mass is 16.3. The van der Waals surface area contributed by atoms with Crippen LogP contribution in [-0.4, -0.2) is 82.9 Å². The third-order valence-corrected chi connectivity index (χ3v) is 7.26. The average Bonchev–Trinajstić information content (AvgIpc) is 3.12. The number of aliphatic imine (C=N–C) groups is 1. The lowest BCUT2D eigenvalue weighted by Crippen LogP contribution is -2.54. The molecule has 3 amide bonds. The first-order valence-corrected chi connectivity index (χ1v) is 14.3. The summed E-state index contributed by atoms with van der Waals surface area (Å²) in [6.45, 7) is 8.34. The zero-order chi connectivity index (χ0) is 30.1. The van der Waals surface area contributed by atoms with E-state index in [9.17, 15) is 19.5 Å². The summed E-state index contributed by atoms with van der Waals surface area (Å²) in [5, 5.41) is 15.7. The van der Waals surface area contributed by atoms with Gasteiger partial charge in [-0.3, -0.25) is 19.4 Å². The number of hydrogen-bond acceptors (Lipinski definition) is 7. The van der Waals surface area contributed by atoms with Gasteiger partial charge in [0.2, 0.25) is 18.0 Å². The SMILES string of the molecule is CCN(CC)CCN1C(=O)C(NC(=O)[C@H](C)NC(=O)C(O)Cc2ccccc2)N=C(c2ccccn2)c2ccccc21. The molecule has 0 aliphatic carbocycles. The number of anilines is 1. The molecule has 3 aromatic rings. The molecule has 10 nitrogen and oxygen atoms in total. The van der Waals surface area contributed by atoms with Crippen molar-refractivity contribution >= 4 is 29.1 Å². The number of carbonyl (C=O) groups is 3. The van der Waals surface area contributed by atoms with Crippen molar-refractivity contribution in [2.75, 3.05) is 31.1 Å². The van der Waals surface area contributed by atoms with Gasteiger partial charge in [-0.15, -0.1) is 0 Å². The normalized spacial score (nSPS) is 16.2. The maximum Gasteiger partial charge on any atom is 0.272 e. The Kier molecular flexibility index (Phi) is 10.5. The maximum atomic E-state index is 14.0. The van der Waals surface area contributed by atoms with Gasteiger partial charge in [0.15, 0.2) is 0 Å². The van der Waals surface area contributed by atoms with Crippen molar-refractivity contribution in [1.82, 2.24) is 20.5 Å². The molecule has 1 aliphatic heterocycles. The lowest BCUT2D eigenvalue weighted by Gasteiger charge is -2.28. The Morgan fingerprint density at radius 1 is 0.976 bits per heavy atom. The first-order valence-electron chi connectivity index (χ1n) is 14.3. The van der Waals surface area contributed by atoms with E-state index in [1.54, 1.807) is 17.2 Å². The molecule has 0 saturated heterocycles. The number of hydrogen-bond donors (Lipinski definition) is 3. The largest absolute Gasteiger partial charge is 0.383 e. The second-order valence-corrected chi connectivity index (χ2v) is 10.1. The Morgan fingerprint density at radius 3 is 2.36 bits per heavy atom. The van der Waals surface area contributed by atoms with Gasteiger partial charge in [-0.2, -0.15) is 0 Å². The fourth-order valence-electron chi connectivity index (χ4n) is 4.81. The number of likely N-dealkylation sites (N-methyl/N-ethyl adjacent to an activating group) is 1. The standard InChI is InChI=1S/C32H38N6O4/c1-4-37(5-2)19-20-38-26-17-10-9-15-24(26)28(25-16-11-12-18-33-25)35-29(32(38)42)36-30(40)22(3)34-31(41)27(39)21-23-13-7-6-8-14-23/h6-18,22,27,29,39H,4-5,19-21H2,1-3H3,(H,34,41)(H,36,40)/t22-,27?,29?/m0/s1. The molecule has 1 aliphatic rings. The summed E-state index contributed by atoms with van der Waals surface area (Å²) in [5.74, 6) is -1.68. The quantitative estimate of drug-likeness (QED) is 0.306. The summed E-state index contributed by atoms with van der Waals surface area (Å²) in [5.41, 5.74) is 3.24. The molecule has 0 bridgehead atoms. The molecule has 220 valence electrons. The zero-order valence-corrected chi connectivity index (χ0v) is 24.2. The van der Waals surface area contributed by atoms with Crippen LogP contribution in [0.15, 0.2) is 84.0 Å². The van der Waals surface area contributed by atoms with E-state index < -0.39 is 36.0 Å². The molecule has 0 fully saturated rings. The molecule has 3 N–H and O–H groups in total. The highest BCUT2D eigenvalue weighted by molar-refractivity contribution is 6.19. The number of rotatable bonds is 12. The van der Waals surface area contributed by atoms with Crippen LogP contribution >= 0.6 is 0 Å². The van der Waals surface area contributed by atoms with E-state index in [2.05, 4.69) is 34.4 Å². The number of fused-ring (bicyclic) bond motifs is 1. The third-order valence-electron chi connectivity index (χ3n) is 7.26. The molecule has 2 heterocycles. The number of pyridine rings is 1. The lowest BCUT2D eigenvalue weighted by atomic mass is 10.0. The molecule has 10 heteroatoms. The maximum absolute atomic E-state index is 14.0. The van der Waals surface area contributed by atoms with E-state index in [4.69, 9.17) is 4.99 Å². The van der Waals surface area contributed by atoms with Crippen LogP contribution in [0, 0.1) is 0 Å². The van der Waals surface area contributed by atoms with Crippen LogP contribution in [0.1, 0.15) is 37.6 Å². The van der Waals surface area contributed by atoms with Crippen molar-refractivity contribution in [1.29, 1.82) is 0 Å². The van der Waals surface area contributed by atoms with E-state index in [1.807, 2.05) is 66.7 Å². The number of aliphatic hydroxyl groups is 1. The van der Waals surface area contributed by atoms with Crippen molar-refractivity contribution < 1.29 is 19.5 Å². The van der Waals surface area contributed by atoms with Crippen LogP contribution in [0.2, 0.25) is 0 Å². The van der Waals surface area contributed by atoms with E-state index in [0.29, 0.717) is 30.2 Å². The molecule has 4 rings (SSSR count). The minimum absolute atomic E-state index is 0.111. The monoisotopic (exact) mass is 570 g/mol. The van der Waals surface area contributed by atoms with Crippen LogP contribution in [-0.2, 0) is 20.8 Å². The van der Waals surface area contributed by atoms with Gasteiger partial charge < -0.3 is 25.5 Å². The summed E-state index contributed by atoms with van der Waals surface area (Å²) in [6.07, 6.45) is -0.829. The van der Waals surface area contributed by atoms with Gasteiger partial charge in [-0.1, -0.05) is 68.4 Å². The number of benzene rings is 2. The van der Waals surface area contributed by atoms with Gasteiger partial charge in [0, 0.05) is 31.3 Å².